The average molecular weight is 206 g/mol. The van der Waals surface area contributed by atoms with Gasteiger partial charge in [0.25, 0.3) is 0 Å². The van der Waals surface area contributed by atoms with Gasteiger partial charge in [0, 0.05) is 22.3 Å². The summed E-state index contributed by atoms with van der Waals surface area (Å²) in [7, 11) is 0. The summed E-state index contributed by atoms with van der Waals surface area (Å²) >= 11 is 6.01. The maximum absolute atomic E-state index is 10.5. The number of H-pyrrole nitrogens is 1. The first-order chi connectivity index (χ1) is 6.81. The van der Waals surface area contributed by atoms with Crippen LogP contribution in [0, 0.1) is 0 Å². The standard InChI is InChI=1S/C11H8ClNO/c12-11-4-2-1-3-10(11)8-5-9(7-14)13-6-8/h1-7,13H. The first-order valence-corrected chi connectivity index (χ1v) is 4.57. The van der Waals surface area contributed by atoms with Crippen LogP contribution in [0.1, 0.15) is 10.5 Å². The second-order valence-electron chi connectivity index (χ2n) is 2.94. The second kappa shape index (κ2) is 3.68. The summed E-state index contributed by atoms with van der Waals surface area (Å²) in [5, 5.41) is 0.684. The first-order valence-electron chi connectivity index (χ1n) is 4.20. The van der Waals surface area contributed by atoms with E-state index in [-0.39, 0.29) is 0 Å². The maximum atomic E-state index is 10.5. The summed E-state index contributed by atoms with van der Waals surface area (Å²) in [5.74, 6) is 0. The van der Waals surface area contributed by atoms with Gasteiger partial charge in [0.15, 0.2) is 6.29 Å². The molecule has 0 aliphatic rings. The van der Waals surface area contributed by atoms with Crippen LogP contribution in [0.15, 0.2) is 36.5 Å². The molecule has 70 valence electrons. The molecule has 0 saturated carbocycles. The molecule has 0 unspecified atom stereocenters. The molecule has 2 aromatic rings. The number of aldehydes is 1. The van der Waals surface area contributed by atoms with Crippen molar-refractivity contribution < 1.29 is 4.79 Å². The molecule has 0 aliphatic carbocycles. The van der Waals surface area contributed by atoms with Crippen LogP contribution in [0.25, 0.3) is 11.1 Å². The second-order valence-corrected chi connectivity index (χ2v) is 3.35. The summed E-state index contributed by atoms with van der Waals surface area (Å²) < 4.78 is 0. The van der Waals surface area contributed by atoms with Gasteiger partial charge in [-0.15, -0.1) is 0 Å². The van der Waals surface area contributed by atoms with Crippen LogP contribution < -0.4 is 0 Å². The number of nitrogens with one attached hydrogen (secondary N) is 1. The Bertz CT molecular complexity index is 462. The average Bonchev–Trinajstić information content (AvgIpc) is 2.67. The topological polar surface area (TPSA) is 32.9 Å². The van der Waals surface area contributed by atoms with Crippen molar-refractivity contribution in [1.29, 1.82) is 0 Å². The summed E-state index contributed by atoms with van der Waals surface area (Å²) in [6.07, 6.45) is 2.55. The molecule has 14 heavy (non-hydrogen) atoms. The van der Waals surface area contributed by atoms with Crippen LogP contribution in [0.3, 0.4) is 0 Å². The zero-order valence-electron chi connectivity index (χ0n) is 7.33. The molecule has 0 aliphatic heterocycles. The third kappa shape index (κ3) is 1.56. The highest BCUT2D eigenvalue weighted by atomic mass is 35.5. The van der Waals surface area contributed by atoms with Crippen LogP contribution in [-0.2, 0) is 0 Å². The minimum Gasteiger partial charge on any atom is -0.358 e. The molecule has 1 heterocycles. The number of carbonyl (C=O) groups is 1. The Kier molecular flexibility index (Phi) is 2.37. The predicted molar refractivity (Wildman–Crippen MR) is 56.6 cm³/mol. The van der Waals surface area contributed by atoms with E-state index in [0.717, 1.165) is 17.4 Å². The number of aromatic nitrogens is 1. The van der Waals surface area contributed by atoms with Crippen molar-refractivity contribution in [2.45, 2.75) is 0 Å². The Morgan fingerprint density at radius 1 is 1.29 bits per heavy atom. The van der Waals surface area contributed by atoms with E-state index in [1.54, 1.807) is 12.3 Å². The van der Waals surface area contributed by atoms with E-state index in [1.807, 2.05) is 24.3 Å². The smallest absolute Gasteiger partial charge is 0.166 e. The number of aromatic amines is 1. The van der Waals surface area contributed by atoms with Crippen LogP contribution >= 0.6 is 11.6 Å². The Morgan fingerprint density at radius 2 is 2.07 bits per heavy atom. The van der Waals surface area contributed by atoms with E-state index in [9.17, 15) is 4.79 Å². The summed E-state index contributed by atoms with van der Waals surface area (Å²) in [6, 6.07) is 9.30. The summed E-state index contributed by atoms with van der Waals surface area (Å²) in [6.45, 7) is 0. The van der Waals surface area contributed by atoms with E-state index < -0.39 is 0 Å². The van der Waals surface area contributed by atoms with Gasteiger partial charge in [0.05, 0.1) is 5.69 Å². The molecule has 1 aromatic carbocycles. The van der Waals surface area contributed by atoms with Gasteiger partial charge in [-0.3, -0.25) is 4.79 Å². The molecular weight excluding hydrogens is 198 g/mol. The minimum absolute atomic E-state index is 0.555. The molecule has 0 saturated heterocycles. The molecule has 1 N–H and O–H groups in total. The van der Waals surface area contributed by atoms with Crippen LogP contribution in [0.4, 0.5) is 0 Å². The van der Waals surface area contributed by atoms with E-state index in [0.29, 0.717) is 10.7 Å². The molecular formula is C11H8ClNO. The fraction of sp³-hybridized carbons (Fsp3) is 0. The largest absolute Gasteiger partial charge is 0.358 e. The monoisotopic (exact) mass is 205 g/mol. The minimum atomic E-state index is 0.555. The Balaban J connectivity index is 2.49. The Morgan fingerprint density at radius 3 is 2.71 bits per heavy atom. The SMILES string of the molecule is O=Cc1cc(-c2ccccc2Cl)c[nH]1. The van der Waals surface area contributed by atoms with E-state index in [1.165, 1.54) is 0 Å². The van der Waals surface area contributed by atoms with Crippen molar-refractivity contribution in [2.75, 3.05) is 0 Å². The number of carbonyl (C=O) groups excluding carboxylic acids is 1. The van der Waals surface area contributed by atoms with Gasteiger partial charge >= 0.3 is 0 Å². The number of halogens is 1. The molecule has 0 atom stereocenters. The van der Waals surface area contributed by atoms with Crippen molar-refractivity contribution in [3.63, 3.8) is 0 Å². The Hall–Kier alpha value is -1.54. The molecule has 2 rings (SSSR count). The fourth-order valence-corrected chi connectivity index (χ4v) is 1.58. The van der Waals surface area contributed by atoms with Gasteiger partial charge < -0.3 is 4.98 Å². The lowest BCUT2D eigenvalue weighted by atomic mass is 10.1. The van der Waals surface area contributed by atoms with Crippen molar-refractivity contribution in [3.05, 3.63) is 47.2 Å². The third-order valence-electron chi connectivity index (χ3n) is 2.02. The van der Waals surface area contributed by atoms with E-state index in [2.05, 4.69) is 4.98 Å². The predicted octanol–water partition coefficient (Wildman–Crippen LogP) is 3.15. The summed E-state index contributed by atoms with van der Waals surface area (Å²) in [4.78, 5) is 13.3. The van der Waals surface area contributed by atoms with Crippen LogP contribution in [0.5, 0.6) is 0 Å². The third-order valence-corrected chi connectivity index (χ3v) is 2.35. The molecule has 0 bridgehead atoms. The fourth-order valence-electron chi connectivity index (χ4n) is 1.33. The molecule has 2 nitrogen and oxygen atoms in total. The number of hydrogen-bond donors (Lipinski definition) is 1. The zero-order valence-corrected chi connectivity index (χ0v) is 8.08. The highest BCUT2D eigenvalue weighted by Crippen LogP contribution is 2.27. The van der Waals surface area contributed by atoms with Gasteiger partial charge in [0.2, 0.25) is 0 Å². The first kappa shape index (κ1) is 9.03. The summed E-state index contributed by atoms with van der Waals surface area (Å²) in [5.41, 5.74) is 2.41. The lowest BCUT2D eigenvalue weighted by Crippen LogP contribution is -1.75. The van der Waals surface area contributed by atoms with Gasteiger partial charge in [-0.05, 0) is 12.1 Å². The van der Waals surface area contributed by atoms with Gasteiger partial charge in [-0.25, -0.2) is 0 Å². The van der Waals surface area contributed by atoms with Gasteiger partial charge in [0.1, 0.15) is 0 Å². The highest BCUT2D eigenvalue weighted by molar-refractivity contribution is 6.33. The molecule has 0 fully saturated rings. The van der Waals surface area contributed by atoms with Crippen LogP contribution in [-0.4, -0.2) is 11.3 Å². The number of hydrogen-bond acceptors (Lipinski definition) is 1. The van der Waals surface area contributed by atoms with Gasteiger partial charge in [-0.1, -0.05) is 29.8 Å². The highest BCUT2D eigenvalue weighted by Gasteiger charge is 2.04. The quantitative estimate of drug-likeness (QED) is 0.751. The molecule has 0 amide bonds. The number of benzene rings is 1. The Labute approximate surface area is 86.5 Å². The lowest BCUT2D eigenvalue weighted by molar-refractivity contribution is 0.111. The lowest BCUT2D eigenvalue weighted by Gasteiger charge is -1.99. The van der Waals surface area contributed by atoms with Crippen molar-refractivity contribution >= 4 is 17.9 Å². The van der Waals surface area contributed by atoms with Crippen molar-refractivity contribution in [1.82, 2.24) is 4.98 Å². The van der Waals surface area contributed by atoms with Crippen molar-refractivity contribution in [2.24, 2.45) is 0 Å². The molecule has 3 heteroatoms. The van der Waals surface area contributed by atoms with E-state index in [4.69, 9.17) is 11.6 Å². The molecule has 0 radical (unpaired) electrons. The maximum Gasteiger partial charge on any atom is 0.166 e. The van der Waals surface area contributed by atoms with Crippen LogP contribution in [0.2, 0.25) is 5.02 Å². The molecule has 0 spiro atoms. The van der Waals surface area contributed by atoms with Crippen molar-refractivity contribution in [3.8, 4) is 11.1 Å². The van der Waals surface area contributed by atoms with E-state index >= 15 is 0 Å². The zero-order chi connectivity index (χ0) is 9.97. The number of rotatable bonds is 2. The van der Waals surface area contributed by atoms with Gasteiger partial charge in [-0.2, -0.15) is 0 Å². The molecule has 1 aromatic heterocycles. The normalized spacial score (nSPS) is 10.1.